The van der Waals surface area contributed by atoms with Crippen LogP contribution in [0.5, 0.6) is 5.75 Å². The molecule has 106 valence electrons. The van der Waals surface area contributed by atoms with Gasteiger partial charge >= 0.3 is 0 Å². The molecule has 0 radical (unpaired) electrons. The Bertz CT molecular complexity index is 564. The molecule has 0 saturated heterocycles. The number of rotatable bonds is 5. The second-order valence-corrected chi connectivity index (χ2v) is 5.64. The van der Waals surface area contributed by atoms with E-state index in [-0.39, 0.29) is 6.04 Å². The van der Waals surface area contributed by atoms with Gasteiger partial charge in [-0.25, -0.2) is 0 Å². The van der Waals surface area contributed by atoms with Crippen LogP contribution in [0.4, 0.5) is 0 Å². The minimum absolute atomic E-state index is 0.120. The third-order valence-electron chi connectivity index (χ3n) is 3.07. The van der Waals surface area contributed by atoms with E-state index in [1.54, 1.807) is 0 Å². The van der Waals surface area contributed by atoms with Crippen molar-refractivity contribution in [2.24, 2.45) is 5.73 Å². The summed E-state index contributed by atoms with van der Waals surface area (Å²) in [5.74, 6) is 0.905. The van der Waals surface area contributed by atoms with Crippen LogP contribution in [0.1, 0.15) is 23.6 Å². The number of aryl methyl sites for hydroxylation is 1. The van der Waals surface area contributed by atoms with Crippen molar-refractivity contribution in [2.75, 3.05) is 0 Å². The van der Waals surface area contributed by atoms with Gasteiger partial charge < -0.3 is 10.5 Å². The summed E-state index contributed by atoms with van der Waals surface area (Å²) in [5, 5.41) is 0.738. The van der Waals surface area contributed by atoms with Gasteiger partial charge in [-0.05, 0) is 49.6 Å². The average Bonchev–Trinajstić information content (AvgIpc) is 2.39. The van der Waals surface area contributed by atoms with Crippen LogP contribution in [0.15, 0.2) is 42.5 Å². The molecule has 2 rings (SSSR count). The molecule has 1 atom stereocenters. The molecular formula is C17H20ClNO. The second-order valence-electron chi connectivity index (χ2n) is 5.21. The summed E-state index contributed by atoms with van der Waals surface area (Å²) in [6.45, 7) is 4.62. The highest BCUT2D eigenvalue weighted by molar-refractivity contribution is 6.30. The molecule has 0 fully saturated rings. The lowest BCUT2D eigenvalue weighted by Gasteiger charge is -2.14. The number of hydrogen-bond acceptors (Lipinski definition) is 2. The molecule has 1 unspecified atom stereocenters. The summed E-state index contributed by atoms with van der Waals surface area (Å²) in [4.78, 5) is 0. The van der Waals surface area contributed by atoms with Gasteiger partial charge in [-0.3, -0.25) is 0 Å². The van der Waals surface area contributed by atoms with Crippen LogP contribution in [-0.2, 0) is 13.0 Å². The first-order valence-corrected chi connectivity index (χ1v) is 7.15. The molecule has 0 saturated carbocycles. The van der Waals surface area contributed by atoms with Gasteiger partial charge in [-0.15, -0.1) is 0 Å². The van der Waals surface area contributed by atoms with Gasteiger partial charge in [-0.1, -0.05) is 41.4 Å². The van der Waals surface area contributed by atoms with E-state index < -0.39 is 0 Å². The van der Waals surface area contributed by atoms with Gasteiger partial charge in [-0.2, -0.15) is 0 Å². The molecule has 2 nitrogen and oxygen atoms in total. The zero-order valence-electron chi connectivity index (χ0n) is 11.9. The van der Waals surface area contributed by atoms with E-state index in [9.17, 15) is 0 Å². The summed E-state index contributed by atoms with van der Waals surface area (Å²) < 4.78 is 5.92. The van der Waals surface area contributed by atoms with Crippen molar-refractivity contribution >= 4 is 11.6 Å². The fourth-order valence-corrected chi connectivity index (χ4v) is 2.22. The summed E-state index contributed by atoms with van der Waals surface area (Å²) in [6.07, 6.45) is 0.817. The molecule has 0 aromatic heterocycles. The zero-order valence-corrected chi connectivity index (χ0v) is 12.7. The Kier molecular flexibility index (Phi) is 5.05. The summed E-state index contributed by atoms with van der Waals surface area (Å²) >= 11 is 5.87. The number of hydrogen-bond donors (Lipinski definition) is 1. The maximum absolute atomic E-state index is 5.92. The van der Waals surface area contributed by atoms with E-state index in [0.717, 1.165) is 28.3 Å². The molecule has 3 heteroatoms. The third-order valence-corrected chi connectivity index (χ3v) is 3.32. The molecule has 0 aliphatic heterocycles. The second kappa shape index (κ2) is 6.78. The maximum Gasteiger partial charge on any atom is 0.123 e. The molecule has 0 bridgehead atoms. The lowest BCUT2D eigenvalue weighted by atomic mass is 10.0. The van der Waals surface area contributed by atoms with Crippen molar-refractivity contribution in [3.63, 3.8) is 0 Å². The molecule has 0 aliphatic carbocycles. The average molecular weight is 290 g/mol. The smallest absolute Gasteiger partial charge is 0.123 e. The van der Waals surface area contributed by atoms with E-state index in [2.05, 4.69) is 19.1 Å². The largest absolute Gasteiger partial charge is 0.489 e. The first-order chi connectivity index (χ1) is 9.54. The van der Waals surface area contributed by atoms with Crippen molar-refractivity contribution in [2.45, 2.75) is 32.9 Å². The van der Waals surface area contributed by atoms with E-state index in [0.29, 0.717) is 6.61 Å². The standard InChI is InChI=1S/C17H20ClNO/c1-12-3-8-17(15(9-12)10-13(2)19)20-11-14-4-6-16(18)7-5-14/h3-9,13H,10-11,19H2,1-2H3. The molecule has 0 heterocycles. The first-order valence-electron chi connectivity index (χ1n) is 6.77. The van der Waals surface area contributed by atoms with Crippen molar-refractivity contribution in [1.82, 2.24) is 0 Å². The predicted molar refractivity (Wildman–Crippen MR) is 84.3 cm³/mol. The first kappa shape index (κ1) is 14.9. The molecule has 0 amide bonds. The minimum atomic E-state index is 0.120. The minimum Gasteiger partial charge on any atom is -0.489 e. The van der Waals surface area contributed by atoms with Crippen LogP contribution in [-0.4, -0.2) is 6.04 Å². The van der Waals surface area contributed by atoms with Gasteiger partial charge in [0.2, 0.25) is 0 Å². The molecular weight excluding hydrogens is 270 g/mol. The van der Waals surface area contributed by atoms with Gasteiger partial charge in [0, 0.05) is 11.1 Å². The van der Waals surface area contributed by atoms with Gasteiger partial charge in [0.05, 0.1) is 0 Å². The van der Waals surface area contributed by atoms with Crippen LogP contribution < -0.4 is 10.5 Å². The highest BCUT2D eigenvalue weighted by Crippen LogP contribution is 2.23. The van der Waals surface area contributed by atoms with Crippen LogP contribution in [0.25, 0.3) is 0 Å². The van der Waals surface area contributed by atoms with Crippen molar-refractivity contribution in [3.05, 3.63) is 64.2 Å². The number of halogens is 1. The Balaban J connectivity index is 2.10. The predicted octanol–water partition coefficient (Wildman–Crippen LogP) is 4.12. The molecule has 20 heavy (non-hydrogen) atoms. The van der Waals surface area contributed by atoms with Gasteiger partial charge in [0.1, 0.15) is 12.4 Å². The number of nitrogens with two attached hydrogens (primary N) is 1. The number of benzene rings is 2. The summed E-state index contributed by atoms with van der Waals surface area (Å²) in [7, 11) is 0. The lowest BCUT2D eigenvalue weighted by Crippen LogP contribution is -2.18. The zero-order chi connectivity index (χ0) is 14.5. The van der Waals surface area contributed by atoms with Crippen LogP contribution >= 0.6 is 11.6 Å². The van der Waals surface area contributed by atoms with E-state index in [1.807, 2.05) is 37.3 Å². The van der Waals surface area contributed by atoms with Crippen molar-refractivity contribution in [3.8, 4) is 5.75 Å². The van der Waals surface area contributed by atoms with Crippen LogP contribution in [0.2, 0.25) is 5.02 Å². The Hall–Kier alpha value is -1.51. The fourth-order valence-electron chi connectivity index (χ4n) is 2.10. The topological polar surface area (TPSA) is 35.2 Å². The normalized spacial score (nSPS) is 12.2. The van der Waals surface area contributed by atoms with Crippen molar-refractivity contribution < 1.29 is 4.74 Å². The Morgan fingerprint density at radius 1 is 1.15 bits per heavy atom. The highest BCUT2D eigenvalue weighted by atomic mass is 35.5. The van der Waals surface area contributed by atoms with Crippen LogP contribution in [0.3, 0.4) is 0 Å². The molecule has 0 aliphatic rings. The Morgan fingerprint density at radius 3 is 2.50 bits per heavy atom. The van der Waals surface area contributed by atoms with E-state index >= 15 is 0 Å². The Labute approximate surface area is 125 Å². The highest BCUT2D eigenvalue weighted by Gasteiger charge is 2.07. The molecule has 0 spiro atoms. The maximum atomic E-state index is 5.92. The van der Waals surface area contributed by atoms with Crippen molar-refractivity contribution in [1.29, 1.82) is 0 Å². The molecule has 2 aromatic carbocycles. The summed E-state index contributed by atoms with van der Waals surface area (Å²) in [6, 6.07) is 14.0. The van der Waals surface area contributed by atoms with Gasteiger partial charge in [0.15, 0.2) is 0 Å². The monoisotopic (exact) mass is 289 g/mol. The SMILES string of the molecule is Cc1ccc(OCc2ccc(Cl)cc2)c(CC(C)N)c1. The Morgan fingerprint density at radius 2 is 1.85 bits per heavy atom. The number of ether oxygens (including phenoxy) is 1. The van der Waals surface area contributed by atoms with E-state index in [1.165, 1.54) is 5.56 Å². The van der Waals surface area contributed by atoms with Crippen LogP contribution in [0, 0.1) is 6.92 Å². The third kappa shape index (κ3) is 4.26. The quantitative estimate of drug-likeness (QED) is 0.899. The molecule has 2 aromatic rings. The van der Waals surface area contributed by atoms with Gasteiger partial charge in [0.25, 0.3) is 0 Å². The fraction of sp³-hybridized carbons (Fsp3) is 0.294. The lowest BCUT2D eigenvalue weighted by molar-refractivity contribution is 0.302. The molecule has 2 N–H and O–H groups in total. The summed E-state index contributed by atoms with van der Waals surface area (Å²) in [5.41, 5.74) is 9.38. The van der Waals surface area contributed by atoms with E-state index in [4.69, 9.17) is 22.1 Å².